The van der Waals surface area contributed by atoms with Gasteiger partial charge in [-0.15, -0.1) is 0 Å². The Balaban J connectivity index is 2.20. The van der Waals surface area contributed by atoms with Gasteiger partial charge in [0.15, 0.2) is 10.3 Å². The minimum Gasteiger partial charge on any atom is -0.408 e. The van der Waals surface area contributed by atoms with Crippen LogP contribution in [-0.4, -0.2) is 15.0 Å². The molecule has 5 nitrogen and oxygen atoms in total. The number of rotatable bonds is 1. The lowest BCUT2D eigenvalue weighted by Crippen LogP contribution is -1.92. The molecule has 0 bridgehead atoms. The monoisotopic (exact) mass is 291 g/mol. The molecule has 1 aromatic carbocycles. The summed E-state index contributed by atoms with van der Waals surface area (Å²) in [5.74, 6) is -0.457. The standard InChI is InChI=1S/C11H6BrN3O2/c12-10-13-4-3-7(14-10)6-1-2-8-9(5-6)17-11(16)15-8/h1-5H,(H,15,16). The summed E-state index contributed by atoms with van der Waals surface area (Å²) in [5.41, 5.74) is 2.81. The van der Waals surface area contributed by atoms with Gasteiger partial charge in [-0.2, -0.15) is 0 Å². The van der Waals surface area contributed by atoms with Crippen molar-refractivity contribution in [1.82, 2.24) is 15.0 Å². The molecule has 0 aliphatic rings. The molecule has 3 aromatic rings. The minimum absolute atomic E-state index is 0.457. The lowest BCUT2D eigenvalue weighted by atomic mass is 10.1. The van der Waals surface area contributed by atoms with E-state index < -0.39 is 5.76 Å². The van der Waals surface area contributed by atoms with Crippen molar-refractivity contribution >= 4 is 27.0 Å². The Bertz CT molecular complexity index is 748. The number of aromatic amines is 1. The largest absolute Gasteiger partial charge is 0.417 e. The molecule has 0 unspecified atom stereocenters. The average molecular weight is 292 g/mol. The Morgan fingerprint density at radius 2 is 2.18 bits per heavy atom. The molecule has 0 aliphatic heterocycles. The van der Waals surface area contributed by atoms with Crippen molar-refractivity contribution in [3.05, 3.63) is 45.7 Å². The summed E-state index contributed by atoms with van der Waals surface area (Å²) in [5, 5.41) is 0. The van der Waals surface area contributed by atoms with Gasteiger partial charge in [0.05, 0.1) is 11.2 Å². The molecular weight excluding hydrogens is 286 g/mol. The van der Waals surface area contributed by atoms with Crippen molar-refractivity contribution in [2.75, 3.05) is 0 Å². The van der Waals surface area contributed by atoms with Crippen molar-refractivity contribution in [2.45, 2.75) is 0 Å². The highest BCUT2D eigenvalue weighted by Gasteiger charge is 2.05. The average Bonchev–Trinajstić information content (AvgIpc) is 2.68. The number of hydrogen-bond donors (Lipinski definition) is 1. The summed E-state index contributed by atoms with van der Waals surface area (Å²) >= 11 is 3.21. The maximum absolute atomic E-state index is 11.0. The van der Waals surface area contributed by atoms with Crippen LogP contribution in [0.4, 0.5) is 0 Å². The highest BCUT2D eigenvalue weighted by molar-refractivity contribution is 9.10. The molecule has 0 aliphatic carbocycles. The van der Waals surface area contributed by atoms with Crippen LogP contribution in [0.3, 0.4) is 0 Å². The Labute approximate surface area is 104 Å². The van der Waals surface area contributed by atoms with Crippen molar-refractivity contribution in [3.8, 4) is 11.3 Å². The quantitative estimate of drug-likeness (QED) is 0.699. The van der Waals surface area contributed by atoms with Crippen LogP contribution in [-0.2, 0) is 0 Å². The lowest BCUT2D eigenvalue weighted by Gasteiger charge is -1.99. The Morgan fingerprint density at radius 1 is 1.29 bits per heavy atom. The van der Waals surface area contributed by atoms with Crippen molar-refractivity contribution in [2.24, 2.45) is 0 Å². The Morgan fingerprint density at radius 3 is 3.00 bits per heavy atom. The number of halogens is 1. The number of aromatic nitrogens is 3. The molecule has 0 fully saturated rings. The first-order valence-electron chi connectivity index (χ1n) is 4.84. The highest BCUT2D eigenvalue weighted by atomic mass is 79.9. The molecule has 0 amide bonds. The predicted molar refractivity (Wildman–Crippen MR) is 65.6 cm³/mol. The molecule has 2 heterocycles. The van der Waals surface area contributed by atoms with Gasteiger partial charge in [-0.1, -0.05) is 6.07 Å². The summed E-state index contributed by atoms with van der Waals surface area (Å²) in [4.78, 5) is 21.8. The first-order valence-corrected chi connectivity index (χ1v) is 5.63. The van der Waals surface area contributed by atoms with Crippen molar-refractivity contribution in [1.29, 1.82) is 0 Å². The maximum Gasteiger partial charge on any atom is 0.417 e. The molecule has 3 rings (SSSR count). The third-order valence-electron chi connectivity index (χ3n) is 2.34. The molecular formula is C11H6BrN3O2. The molecule has 0 atom stereocenters. The molecule has 0 saturated heterocycles. The van der Waals surface area contributed by atoms with Crippen LogP contribution in [0.1, 0.15) is 0 Å². The van der Waals surface area contributed by atoms with Crippen LogP contribution < -0.4 is 5.76 Å². The second-order valence-electron chi connectivity index (χ2n) is 3.44. The third-order valence-corrected chi connectivity index (χ3v) is 2.73. The summed E-state index contributed by atoms with van der Waals surface area (Å²) in [7, 11) is 0. The predicted octanol–water partition coefficient (Wildman–Crippen LogP) is 2.34. The first kappa shape index (κ1) is 10.2. The fraction of sp³-hybridized carbons (Fsp3) is 0. The Hall–Kier alpha value is -1.95. The molecule has 0 spiro atoms. The van der Waals surface area contributed by atoms with E-state index >= 15 is 0 Å². The van der Waals surface area contributed by atoms with Gasteiger partial charge in [-0.3, -0.25) is 4.98 Å². The summed E-state index contributed by atoms with van der Waals surface area (Å²) in [6.45, 7) is 0. The zero-order chi connectivity index (χ0) is 11.8. The van der Waals surface area contributed by atoms with Gasteiger partial charge < -0.3 is 4.42 Å². The van der Waals surface area contributed by atoms with E-state index in [0.717, 1.165) is 11.3 Å². The molecule has 2 aromatic heterocycles. The van der Waals surface area contributed by atoms with Gasteiger partial charge in [0.2, 0.25) is 0 Å². The maximum atomic E-state index is 11.0. The van der Waals surface area contributed by atoms with Crippen molar-refractivity contribution < 1.29 is 4.42 Å². The van der Waals surface area contributed by atoms with Crippen LogP contribution in [0.2, 0.25) is 0 Å². The number of fused-ring (bicyclic) bond motifs is 1. The van der Waals surface area contributed by atoms with Crippen LogP contribution in [0.15, 0.2) is 44.4 Å². The molecule has 0 saturated carbocycles. The Kier molecular flexibility index (Phi) is 2.29. The number of oxazole rings is 1. The summed E-state index contributed by atoms with van der Waals surface area (Å²) < 4.78 is 5.51. The topological polar surface area (TPSA) is 71.8 Å². The zero-order valence-electron chi connectivity index (χ0n) is 8.48. The minimum atomic E-state index is -0.457. The molecule has 6 heteroatoms. The number of hydrogen-bond acceptors (Lipinski definition) is 4. The normalized spacial score (nSPS) is 10.9. The molecule has 84 valence electrons. The van der Waals surface area contributed by atoms with E-state index in [9.17, 15) is 4.79 Å². The number of nitrogens with one attached hydrogen (secondary N) is 1. The summed E-state index contributed by atoms with van der Waals surface area (Å²) in [6, 6.07) is 7.20. The van der Waals surface area contributed by atoms with E-state index in [1.54, 1.807) is 24.4 Å². The van der Waals surface area contributed by atoms with Gasteiger partial charge in [0.1, 0.15) is 0 Å². The molecule has 1 N–H and O–H groups in total. The fourth-order valence-electron chi connectivity index (χ4n) is 1.60. The van der Waals surface area contributed by atoms with Crippen LogP contribution in [0.25, 0.3) is 22.4 Å². The van der Waals surface area contributed by atoms with Crippen LogP contribution in [0, 0.1) is 0 Å². The van der Waals surface area contributed by atoms with E-state index in [2.05, 4.69) is 30.9 Å². The first-order chi connectivity index (χ1) is 8.22. The SMILES string of the molecule is O=c1[nH]c2ccc(-c3ccnc(Br)n3)cc2o1. The number of nitrogens with zero attached hydrogens (tertiary/aromatic N) is 2. The fourth-order valence-corrected chi connectivity index (χ4v) is 1.91. The van der Waals surface area contributed by atoms with E-state index in [4.69, 9.17) is 4.42 Å². The van der Waals surface area contributed by atoms with Gasteiger partial charge in [0.25, 0.3) is 0 Å². The third kappa shape index (κ3) is 1.87. The zero-order valence-corrected chi connectivity index (χ0v) is 10.1. The van der Waals surface area contributed by atoms with Crippen molar-refractivity contribution in [3.63, 3.8) is 0 Å². The number of H-pyrrole nitrogens is 1. The van der Waals surface area contributed by atoms with Gasteiger partial charge in [-0.05, 0) is 34.1 Å². The van der Waals surface area contributed by atoms with Gasteiger partial charge in [0, 0.05) is 11.8 Å². The van der Waals surface area contributed by atoms with Gasteiger partial charge in [-0.25, -0.2) is 14.8 Å². The van der Waals surface area contributed by atoms with Crippen LogP contribution >= 0.6 is 15.9 Å². The second kappa shape index (κ2) is 3.81. The molecule has 0 radical (unpaired) electrons. The van der Waals surface area contributed by atoms with E-state index in [1.165, 1.54) is 0 Å². The summed E-state index contributed by atoms with van der Waals surface area (Å²) in [6.07, 6.45) is 1.66. The van der Waals surface area contributed by atoms with Crippen LogP contribution in [0.5, 0.6) is 0 Å². The van der Waals surface area contributed by atoms with Gasteiger partial charge >= 0.3 is 5.76 Å². The molecule has 17 heavy (non-hydrogen) atoms. The highest BCUT2D eigenvalue weighted by Crippen LogP contribution is 2.21. The van der Waals surface area contributed by atoms with E-state index in [1.807, 2.05) is 6.07 Å². The van der Waals surface area contributed by atoms with E-state index in [-0.39, 0.29) is 0 Å². The lowest BCUT2D eigenvalue weighted by molar-refractivity contribution is 0.555. The smallest absolute Gasteiger partial charge is 0.408 e. The number of benzene rings is 1. The van der Waals surface area contributed by atoms with E-state index in [0.29, 0.717) is 15.8 Å². The second-order valence-corrected chi connectivity index (χ2v) is 4.15.